The second kappa shape index (κ2) is 6.15. The van der Waals surface area contributed by atoms with E-state index < -0.39 is 10.2 Å². The summed E-state index contributed by atoms with van der Waals surface area (Å²) in [5, 5.41) is 17.9. The fourth-order valence-corrected chi connectivity index (χ4v) is 1.99. The van der Waals surface area contributed by atoms with E-state index in [-0.39, 0.29) is 10.9 Å². The number of nitrogens with zero attached hydrogens (tertiary/aromatic N) is 2. The fourth-order valence-electron chi connectivity index (χ4n) is 1.19. The third-order valence-corrected chi connectivity index (χ3v) is 3.43. The van der Waals surface area contributed by atoms with Gasteiger partial charge in [-0.3, -0.25) is 15.5 Å². The van der Waals surface area contributed by atoms with Crippen molar-refractivity contribution in [2.75, 3.05) is 14.1 Å². The second-order valence-electron chi connectivity index (χ2n) is 3.72. The molecule has 0 saturated carbocycles. The van der Waals surface area contributed by atoms with Crippen LogP contribution < -0.4 is 0 Å². The Balaban J connectivity index is 2.86. The summed E-state index contributed by atoms with van der Waals surface area (Å²) in [6.45, 7) is 0. The molecule has 0 bridgehead atoms. The van der Waals surface area contributed by atoms with Crippen LogP contribution >= 0.6 is 11.8 Å². The van der Waals surface area contributed by atoms with E-state index in [4.69, 9.17) is 5.41 Å². The van der Waals surface area contributed by atoms with Gasteiger partial charge in [0.2, 0.25) is 0 Å². The first-order valence-corrected chi connectivity index (χ1v) is 5.96. The quantitative estimate of drug-likeness (QED) is 0.296. The van der Waals surface area contributed by atoms with Crippen LogP contribution in [0.2, 0.25) is 0 Å². The number of thioether (sulfide) groups is 1. The van der Waals surface area contributed by atoms with E-state index >= 15 is 0 Å². The van der Waals surface area contributed by atoms with E-state index in [1.165, 1.54) is 24.3 Å². The molecular formula is C11H13N3O3S. The maximum Gasteiger partial charge on any atom is 0.269 e. The maximum atomic E-state index is 11.0. The smallest absolute Gasteiger partial charge is 0.269 e. The van der Waals surface area contributed by atoms with Gasteiger partial charge in [0.1, 0.15) is 6.29 Å². The van der Waals surface area contributed by atoms with Crippen LogP contribution in [-0.4, -0.2) is 35.4 Å². The highest BCUT2D eigenvalue weighted by molar-refractivity contribution is 8.14. The molecular weight excluding hydrogens is 254 g/mol. The van der Waals surface area contributed by atoms with Crippen molar-refractivity contribution < 1.29 is 9.72 Å². The van der Waals surface area contributed by atoms with Gasteiger partial charge in [-0.05, 0) is 5.56 Å². The Morgan fingerprint density at radius 2 is 2.00 bits per heavy atom. The minimum absolute atomic E-state index is 0.0175. The summed E-state index contributed by atoms with van der Waals surface area (Å²) in [6.07, 6.45) is 0.726. The number of hydrogen-bond acceptors (Lipinski definition) is 5. The van der Waals surface area contributed by atoms with Crippen LogP contribution in [0.1, 0.15) is 10.8 Å². The highest BCUT2D eigenvalue weighted by atomic mass is 32.2. The summed E-state index contributed by atoms with van der Waals surface area (Å²) in [4.78, 5) is 22.6. The predicted octanol–water partition coefficient (Wildman–Crippen LogP) is 2.06. The van der Waals surface area contributed by atoms with Gasteiger partial charge in [-0.1, -0.05) is 23.9 Å². The lowest BCUT2D eigenvalue weighted by atomic mass is 10.1. The van der Waals surface area contributed by atoms with E-state index in [0.29, 0.717) is 5.56 Å². The average molecular weight is 267 g/mol. The first-order chi connectivity index (χ1) is 8.45. The minimum Gasteiger partial charge on any atom is -0.358 e. The molecule has 0 aliphatic carbocycles. The zero-order valence-electron chi connectivity index (χ0n) is 9.99. The molecule has 1 rings (SSSR count). The standard InChI is InChI=1S/C11H13N3O3S/c1-13(2)11(12)18-10(7-15)8-3-5-9(6-4-8)14(16)17/h3-7,10,12H,1-2H3. The van der Waals surface area contributed by atoms with Crippen molar-refractivity contribution in [1.82, 2.24) is 4.90 Å². The average Bonchev–Trinajstić information content (AvgIpc) is 2.35. The van der Waals surface area contributed by atoms with Gasteiger partial charge in [0, 0.05) is 26.2 Å². The predicted molar refractivity (Wildman–Crippen MR) is 70.9 cm³/mol. The summed E-state index contributed by atoms with van der Waals surface area (Å²) in [5.74, 6) is 0. The summed E-state index contributed by atoms with van der Waals surface area (Å²) >= 11 is 1.09. The Hall–Kier alpha value is -1.89. The fraction of sp³-hybridized carbons (Fsp3) is 0.273. The van der Waals surface area contributed by atoms with Crippen LogP contribution in [-0.2, 0) is 4.79 Å². The molecule has 96 valence electrons. The molecule has 0 amide bonds. The molecule has 0 spiro atoms. The molecule has 0 saturated heterocycles. The molecule has 0 aliphatic rings. The number of nitro groups is 1. The Labute approximate surface area is 109 Å². The number of nitrogens with one attached hydrogen (secondary N) is 1. The Kier molecular flexibility index (Phi) is 4.85. The number of rotatable bonds is 4. The maximum absolute atomic E-state index is 11.0. The van der Waals surface area contributed by atoms with Gasteiger partial charge >= 0.3 is 0 Å². The molecule has 0 radical (unpaired) electrons. The van der Waals surface area contributed by atoms with Gasteiger partial charge < -0.3 is 9.69 Å². The highest BCUT2D eigenvalue weighted by Gasteiger charge is 2.16. The van der Waals surface area contributed by atoms with Crippen molar-refractivity contribution in [3.05, 3.63) is 39.9 Å². The molecule has 6 nitrogen and oxygen atoms in total. The van der Waals surface area contributed by atoms with Gasteiger partial charge in [0.15, 0.2) is 5.17 Å². The molecule has 0 fully saturated rings. The Morgan fingerprint density at radius 1 is 1.44 bits per heavy atom. The van der Waals surface area contributed by atoms with E-state index in [1.54, 1.807) is 19.0 Å². The molecule has 1 atom stereocenters. The lowest BCUT2D eigenvalue weighted by Crippen LogP contribution is -2.18. The van der Waals surface area contributed by atoms with Crippen molar-refractivity contribution in [1.29, 1.82) is 5.41 Å². The molecule has 1 aromatic rings. The van der Waals surface area contributed by atoms with Gasteiger partial charge in [-0.15, -0.1) is 0 Å². The van der Waals surface area contributed by atoms with Gasteiger partial charge in [-0.25, -0.2) is 0 Å². The van der Waals surface area contributed by atoms with Crippen LogP contribution in [0.5, 0.6) is 0 Å². The molecule has 1 unspecified atom stereocenters. The van der Waals surface area contributed by atoms with Crippen LogP contribution in [0.25, 0.3) is 0 Å². The first kappa shape index (κ1) is 14.2. The van der Waals surface area contributed by atoms with Crippen LogP contribution in [0.4, 0.5) is 5.69 Å². The Bertz CT molecular complexity index is 459. The molecule has 1 N–H and O–H groups in total. The molecule has 0 aliphatic heterocycles. The SMILES string of the molecule is CN(C)C(=N)SC(C=O)c1ccc([N+](=O)[O-])cc1. The monoisotopic (exact) mass is 267 g/mol. The number of non-ortho nitro benzene ring substituents is 1. The van der Waals surface area contributed by atoms with E-state index in [1.807, 2.05) is 0 Å². The Morgan fingerprint density at radius 3 is 2.39 bits per heavy atom. The van der Waals surface area contributed by atoms with E-state index in [0.717, 1.165) is 18.0 Å². The van der Waals surface area contributed by atoms with Gasteiger partial charge in [0.25, 0.3) is 5.69 Å². The zero-order valence-corrected chi connectivity index (χ0v) is 10.8. The third kappa shape index (κ3) is 3.56. The molecule has 1 aromatic carbocycles. The van der Waals surface area contributed by atoms with Crippen molar-refractivity contribution in [3.8, 4) is 0 Å². The normalized spacial score (nSPS) is 11.7. The number of amidine groups is 1. The van der Waals surface area contributed by atoms with Gasteiger partial charge in [0.05, 0.1) is 10.2 Å². The molecule has 0 heterocycles. The number of carbonyl (C=O) groups excluding carboxylic acids is 1. The third-order valence-electron chi connectivity index (χ3n) is 2.20. The minimum atomic E-state index is -0.527. The van der Waals surface area contributed by atoms with Crippen LogP contribution in [0, 0.1) is 15.5 Å². The number of carbonyl (C=O) groups is 1. The summed E-state index contributed by atoms with van der Waals surface area (Å²) < 4.78 is 0. The van der Waals surface area contributed by atoms with Crippen molar-refractivity contribution in [2.24, 2.45) is 0 Å². The number of benzene rings is 1. The number of aldehydes is 1. The lowest BCUT2D eigenvalue weighted by Gasteiger charge is -2.16. The van der Waals surface area contributed by atoms with E-state index in [9.17, 15) is 14.9 Å². The second-order valence-corrected chi connectivity index (χ2v) is 4.85. The molecule has 18 heavy (non-hydrogen) atoms. The largest absolute Gasteiger partial charge is 0.358 e. The summed E-state index contributed by atoms with van der Waals surface area (Å²) in [5.41, 5.74) is 0.628. The van der Waals surface area contributed by atoms with E-state index in [2.05, 4.69) is 0 Å². The highest BCUT2D eigenvalue weighted by Crippen LogP contribution is 2.29. The number of hydrogen-bond donors (Lipinski definition) is 1. The summed E-state index contributed by atoms with van der Waals surface area (Å²) in [6, 6.07) is 5.78. The van der Waals surface area contributed by atoms with Gasteiger partial charge in [-0.2, -0.15) is 0 Å². The van der Waals surface area contributed by atoms with Crippen molar-refractivity contribution >= 4 is 28.9 Å². The lowest BCUT2D eigenvalue weighted by molar-refractivity contribution is -0.384. The van der Waals surface area contributed by atoms with Crippen molar-refractivity contribution in [3.63, 3.8) is 0 Å². The van der Waals surface area contributed by atoms with Crippen LogP contribution in [0.15, 0.2) is 24.3 Å². The molecule has 0 aromatic heterocycles. The van der Waals surface area contributed by atoms with Crippen LogP contribution in [0.3, 0.4) is 0 Å². The zero-order chi connectivity index (χ0) is 13.7. The summed E-state index contributed by atoms with van der Waals surface area (Å²) in [7, 11) is 3.43. The number of nitro benzene ring substituents is 1. The first-order valence-electron chi connectivity index (χ1n) is 5.08. The molecule has 7 heteroatoms. The topological polar surface area (TPSA) is 87.3 Å². The van der Waals surface area contributed by atoms with Crippen molar-refractivity contribution in [2.45, 2.75) is 5.25 Å².